The molecule has 0 saturated carbocycles. The van der Waals surface area contributed by atoms with E-state index >= 15 is 0 Å². The van der Waals surface area contributed by atoms with Gasteiger partial charge in [-0.2, -0.15) is 0 Å². The monoisotopic (exact) mass is 303 g/mol. The maximum Gasteiger partial charge on any atom is 0.123 e. The zero-order valence-electron chi connectivity index (χ0n) is 14.2. The van der Waals surface area contributed by atoms with Crippen LogP contribution in [0.1, 0.15) is 36.6 Å². The van der Waals surface area contributed by atoms with Gasteiger partial charge < -0.3 is 10.1 Å². The molecule has 3 rings (SSSR count). The van der Waals surface area contributed by atoms with Crippen molar-refractivity contribution in [2.45, 2.75) is 32.9 Å². The zero-order valence-corrected chi connectivity index (χ0v) is 14.2. The molecule has 1 fully saturated rings. The first-order chi connectivity index (χ1) is 10.7. The zero-order chi connectivity index (χ0) is 15.5. The quantitative estimate of drug-likeness (QED) is 0.921. The number of methoxy groups -OCH3 is 1. The summed E-state index contributed by atoms with van der Waals surface area (Å²) in [6.07, 6.45) is 1.16. The number of nitrogens with one attached hydrogen (secondary N) is 1. The molecule has 0 radical (unpaired) electrons. The van der Waals surface area contributed by atoms with Gasteiger partial charge in [-0.15, -0.1) is 0 Å². The van der Waals surface area contributed by atoms with E-state index < -0.39 is 0 Å². The van der Waals surface area contributed by atoms with E-state index in [1.165, 1.54) is 23.2 Å². The molecule has 0 spiro atoms. The normalized spacial score (nSPS) is 23.3. The van der Waals surface area contributed by atoms with Crippen LogP contribution in [0.3, 0.4) is 0 Å². The fourth-order valence-corrected chi connectivity index (χ4v) is 3.81. The number of nitrogens with zero attached hydrogens (tertiary/aromatic N) is 2. The first-order valence-electron chi connectivity index (χ1n) is 8.59. The summed E-state index contributed by atoms with van der Waals surface area (Å²) < 4.78 is 5.71. The Balaban J connectivity index is 1.85. The molecule has 0 bridgehead atoms. The molecule has 0 aromatic heterocycles. The Morgan fingerprint density at radius 2 is 2.00 bits per heavy atom. The highest BCUT2D eigenvalue weighted by molar-refractivity contribution is 5.45. The van der Waals surface area contributed by atoms with Crippen molar-refractivity contribution >= 4 is 0 Å². The molecule has 2 aliphatic heterocycles. The van der Waals surface area contributed by atoms with Crippen molar-refractivity contribution in [1.29, 1.82) is 0 Å². The first-order valence-corrected chi connectivity index (χ1v) is 8.59. The molecule has 1 saturated heterocycles. The molecule has 4 heteroatoms. The maximum atomic E-state index is 5.71. The average molecular weight is 303 g/mol. The fraction of sp³-hybridized carbons (Fsp3) is 0.667. The van der Waals surface area contributed by atoms with Gasteiger partial charge in [0.25, 0.3) is 0 Å². The summed E-state index contributed by atoms with van der Waals surface area (Å²) >= 11 is 0. The molecule has 22 heavy (non-hydrogen) atoms. The van der Waals surface area contributed by atoms with Crippen LogP contribution < -0.4 is 10.1 Å². The number of fused-ring (bicyclic) bond motifs is 1. The van der Waals surface area contributed by atoms with Gasteiger partial charge in [0.2, 0.25) is 0 Å². The minimum atomic E-state index is 0.496. The number of rotatable bonds is 4. The van der Waals surface area contributed by atoms with Crippen molar-refractivity contribution in [3.05, 3.63) is 28.8 Å². The van der Waals surface area contributed by atoms with Crippen LogP contribution in [0.5, 0.6) is 5.75 Å². The number of likely N-dealkylation sites (N-methyl/N-ethyl adjacent to an activating group) is 1. The second-order valence-electron chi connectivity index (χ2n) is 6.44. The van der Waals surface area contributed by atoms with Crippen LogP contribution in [0.4, 0.5) is 0 Å². The van der Waals surface area contributed by atoms with E-state index in [0.717, 1.165) is 51.4 Å². The molecule has 1 N–H and O–H groups in total. The van der Waals surface area contributed by atoms with Crippen molar-refractivity contribution in [1.82, 2.24) is 15.1 Å². The molecule has 1 aromatic rings. The van der Waals surface area contributed by atoms with E-state index in [9.17, 15) is 0 Å². The lowest BCUT2D eigenvalue weighted by Crippen LogP contribution is -2.43. The third kappa shape index (κ3) is 3.14. The van der Waals surface area contributed by atoms with Gasteiger partial charge in [-0.3, -0.25) is 9.80 Å². The van der Waals surface area contributed by atoms with E-state index in [4.69, 9.17) is 4.74 Å². The number of piperazine rings is 1. The van der Waals surface area contributed by atoms with E-state index in [2.05, 4.69) is 41.1 Å². The Labute approximate surface area is 134 Å². The van der Waals surface area contributed by atoms with Crippen molar-refractivity contribution < 1.29 is 4.74 Å². The summed E-state index contributed by atoms with van der Waals surface area (Å²) in [6, 6.07) is 5.19. The van der Waals surface area contributed by atoms with E-state index in [0.29, 0.717) is 6.04 Å². The summed E-state index contributed by atoms with van der Waals surface area (Å²) in [5.41, 5.74) is 4.32. The molecule has 2 aliphatic rings. The highest BCUT2D eigenvalue weighted by atomic mass is 16.5. The molecular weight excluding hydrogens is 274 g/mol. The van der Waals surface area contributed by atoms with Crippen LogP contribution in [0.2, 0.25) is 0 Å². The molecule has 122 valence electrons. The summed E-state index contributed by atoms with van der Waals surface area (Å²) in [5.74, 6) is 1.06. The number of hydrogen-bond acceptors (Lipinski definition) is 4. The van der Waals surface area contributed by atoms with Crippen molar-refractivity contribution in [3.8, 4) is 5.75 Å². The van der Waals surface area contributed by atoms with Crippen molar-refractivity contribution in [2.75, 3.05) is 46.4 Å². The van der Waals surface area contributed by atoms with Gasteiger partial charge in [0.15, 0.2) is 0 Å². The molecule has 1 unspecified atom stereocenters. The van der Waals surface area contributed by atoms with Crippen LogP contribution in [0, 0.1) is 0 Å². The van der Waals surface area contributed by atoms with Gasteiger partial charge in [0.05, 0.1) is 7.11 Å². The van der Waals surface area contributed by atoms with E-state index in [-0.39, 0.29) is 0 Å². The summed E-state index contributed by atoms with van der Waals surface area (Å²) in [4.78, 5) is 5.06. The predicted octanol–water partition coefficient (Wildman–Crippen LogP) is 2.04. The minimum absolute atomic E-state index is 0.496. The Morgan fingerprint density at radius 3 is 2.68 bits per heavy atom. The van der Waals surface area contributed by atoms with Gasteiger partial charge in [0, 0.05) is 50.9 Å². The lowest BCUT2D eigenvalue weighted by Gasteiger charge is -2.35. The van der Waals surface area contributed by atoms with Crippen LogP contribution in [-0.4, -0.2) is 56.2 Å². The Hall–Kier alpha value is -1.10. The molecule has 2 heterocycles. The van der Waals surface area contributed by atoms with Gasteiger partial charge in [-0.05, 0) is 37.1 Å². The SMILES string of the molecule is CCN1CCc2cc(CN3CCNCC3)c(OC)cc2C1C. The molecule has 4 nitrogen and oxygen atoms in total. The molecule has 0 aliphatic carbocycles. The van der Waals surface area contributed by atoms with Gasteiger partial charge in [-0.25, -0.2) is 0 Å². The standard InChI is InChI=1S/C18H29N3O/c1-4-21-8-5-15-11-16(13-20-9-6-19-7-10-20)18(22-3)12-17(15)14(21)2/h11-12,14,19H,4-10,13H2,1-3H3. The Kier molecular flexibility index (Phi) is 5.01. The van der Waals surface area contributed by atoms with Gasteiger partial charge in [-0.1, -0.05) is 13.0 Å². The number of benzene rings is 1. The Bertz CT molecular complexity index is 511. The van der Waals surface area contributed by atoms with Gasteiger partial charge in [0.1, 0.15) is 5.75 Å². The summed E-state index contributed by atoms with van der Waals surface area (Å²) in [5, 5.41) is 3.42. The topological polar surface area (TPSA) is 27.7 Å². The highest BCUT2D eigenvalue weighted by Gasteiger charge is 2.25. The van der Waals surface area contributed by atoms with E-state index in [1.807, 2.05) is 0 Å². The van der Waals surface area contributed by atoms with Crippen LogP contribution in [-0.2, 0) is 13.0 Å². The predicted molar refractivity (Wildman–Crippen MR) is 90.5 cm³/mol. The van der Waals surface area contributed by atoms with E-state index in [1.54, 1.807) is 7.11 Å². The minimum Gasteiger partial charge on any atom is -0.496 e. The lowest BCUT2D eigenvalue weighted by atomic mass is 9.91. The average Bonchev–Trinajstić information content (AvgIpc) is 2.56. The first kappa shape index (κ1) is 15.8. The van der Waals surface area contributed by atoms with Crippen LogP contribution >= 0.6 is 0 Å². The maximum absolute atomic E-state index is 5.71. The lowest BCUT2D eigenvalue weighted by molar-refractivity contribution is 0.208. The second-order valence-corrected chi connectivity index (χ2v) is 6.44. The Morgan fingerprint density at radius 1 is 1.23 bits per heavy atom. The third-order valence-corrected chi connectivity index (χ3v) is 5.22. The fourth-order valence-electron chi connectivity index (χ4n) is 3.81. The van der Waals surface area contributed by atoms with Crippen LogP contribution in [0.25, 0.3) is 0 Å². The van der Waals surface area contributed by atoms with Crippen molar-refractivity contribution in [2.24, 2.45) is 0 Å². The van der Waals surface area contributed by atoms with Crippen LogP contribution in [0.15, 0.2) is 12.1 Å². The molecule has 0 amide bonds. The third-order valence-electron chi connectivity index (χ3n) is 5.22. The highest BCUT2D eigenvalue weighted by Crippen LogP contribution is 2.34. The molecule has 1 atom stereocenters. The largest absolute Gasteiger partial charge is 0.496 e. The second kappa shape index (κ2) is 6.99. The summed E-state index contributed by atoms with van der Waals surface area (Å²) in [6.45, 7) is 12.3. The number of hydrogen-bond donors (Lipinski definition) is 1. The number of ether oxygens (including phenoxy) is 1. The van der Waals surface area contributed by atoms with Gasteiger partial charge >= 0.3 is 0 Å². The molecule has 1 aromatic carbocycles. The van der Waals surface area contributed by atoms with Crippen molar-refractivity contribution in [3.63, 3.8) is 0 Å². The molecular formula is C18H29N3O. The smallest absolute Gasteiger partial charge is 0.123 e. The summed E-state index contributed by atoms with van der Waals surface area (Å²) in [7, 11) is 1.80.